The third-order valence-electron chi connectivity index (χ3n) is 2.54. The minimum Gasteiger partial charge on any atom is -0.507 e. The number of rotatable bonds is 1. The third kappa shape index (κ3) is 1.31. The molecule has 0 fully saturated rings. The highest BCUT2D eigenvalue weighted by Crippen LogP contribution is 2.34. The van der Waals surface area contributed by atoms with Gasteiger partial charge in [0, 0.05) is 5.57 Å². The molecule has 0 amide bonds. The molecule has 1 aliphatic rings. The fraction of sp³-hybridized carbons (Fsp3) is 0.167. The van der Waals surface area contributed by atoms with Crippen LogP contribution in [0.2, 0.25) is 0 Å². The molecule has 0 spiro atoms. The van der Waals surface area contributed by atoms with E-state index < -0.39 is 0 Å². The molecule has 1 aromatic carbocycles. The molecule has 0 saturated carbocycles. The first-order valence-electron chi connectivity index (χ1n) is 4.73. The second-order valence-electron chi connectivity index (χ2n) is 3.56. The Morgan fingerprint density at radius 3 is 2.50 bits per heavy atom. The van der Waals surface area contributed by atoms with E-state index in [1.807, 2.05) is 0 Å². The second-order valence-corrected chi connectivity index (χ2v) is 3.56. The lowest BCUT2D eigenvalue weighted by atomic mass is 9.89. The summed E-state index contributed by atoms with van der Waals surface area (Å²) in [4.78, 5) is 23.6. The molecular formula is C12H10O4. The van der Waals surface area contributed by atoms with Gasteiger partial charge in [-0.05, 0) is 25.1 Å². The van der Waals surface area contributed by atoms with E-state index in [1.54, 1.807) is 6.92 Å². The Labute approximate surface area is 92.2 Å². The smallest absolute Gasteiger partial charge is 0.193 e. The van der Waals surface area contributed by atoms with Crippen LogP contribution in [0.5, 0.6) is 11.5 Å². The van der Waals surface area contributed by atoms with E-state index in [-0.39, 0.29) is 28.4 Å². The van der Waals surface area contributed by atoms with Gasteiger partial charge in [0.05, 0.1) is 18.2 Å². The Kier molecular flexibility index (Phi) is 2.27. The topological polar surface area (TPSA) is 63.6 Å². The van der Waals surface area contributed by atoms with Crippen molar-refractivity contribution in [3.8, 4) is 11.5 Å². The van der Waals surface area contributed by atoms with Crippen molar-refractivity contribution in [3.05, 3.63) is 34.9 Å². The lowest BCUT2D eigenvalue weighted by Crippen LogP contribution is -2.16. The van der Waals surface area contributed by atoms with Gasteiger partial charge in [0.25, 0.3) is 0 Å². The Bertz CT molecular complexity index is 526. The zero-order valence-corrected chi connectivity index (χ0v) is 8.90. The van der Waals surface area contributed by atoms with Crippen LogP contribution in [0.1, 0.15) is 27.6 Å². The maximum atomic E-state index is 11.8. The third-order valence-corrected chi connectivity index (χ3v) is 2.54. The second kappa shape index (κ2) is 3.48. The summed E-state index contributed by atoms with van der Waals surface area (Å²) in [6, 6.07) is 2.81. The van der Waals surface area contributed by atoms with Crippen LogP contribution in [0.4, 0.5) is 0 Å². The molecule has 0 heterocycles. The van der Waals surface area contributed by atoms with E-state index >= 15 is 0 Å². The number of phenolic OH excluding ortho intramolecular Hbond substituents is 1. The summed E-state index contributed by atoms with van der Waals surface area (Å²) in [7, 11) is 1.41. The average molecular weight is 218 g/mol. The quantitative estimate of drug-likeness (QED) is 0.779. The normalized spacial score (nSPS) is 14.5. The first-order valence-corrected chi connectivity index (χ1v) is 4.73. The van der Waals surface area contributed by atoms with Crippen molar-refractivity contribution in [3.63, 3.8) is 0 Å². The lowest BCUT2D eigenvalue weighted by Gasteiger charge is -2.16. The minimum atomic E-state index is -0.342. The molecule has 0 radical (unpaired) electrons. The molecule has 1 aromatic rings. The molecule has 0 bridgehead atoms. The van der Waals surface area contributed by atoms with Crippen molar-refractivity contribution in [2.45, 2.75) is 6.92 Å². The van der Waals surface area contributed by atoms with Crippen molar-refractivity contribution >= 4 is 11.6 Å². The summed E-state index contributed by atoms with van der Waals surface area (Å²) >= 11 is 0. The number of ether oxygens (including phenoxy) is 1. The van der Waals surface area contributed by atoms with E-state index in [2.05, 4.69) is 0 Å². The molecule has 2 rings (SSSR count). The molecular weight excluding hydrogens is 208 g/mol. The van der Waals surface area contributed by atoms with Crippen molar-refractivity contribution in [1.29, 1.82) is 0 Å². The van der Waals surface area contributed by atoms with E-state index in [0.29, 0.717) is 11.3 Å². The first-order chi connectivity index (χ1) is 7.56. The zero-order valence-electron chi connectivity index (χ0n) is 8.90. The van der Waals surface area contributed by atoms with Gasteiger partial charge in [-0.2, -0.15) is 0 Å². The van der Waals surface area contributed by atoms with Gasteiger partial charge in [-0.1, -0.05) is 0 Å². The van der Waals surface area contributed by atoms with Gasteiger partial charge < -0.3 is 9.84 Å². The number of benzene rings is 1. The summed E-state index contributed by atoms with van der Waals surface area (Å²) in [6.45, 7) is 1.54. The van der Waals surface area contributed by atoms with E-state index in [0.717, 1.165) is 0 Å². The van der Waals surface area contributed by atoms with Crippen LogP contribution in [-0.4, -0.2) is 23.8 Å². The van der Waals surface area contributed by atoms with Gasteiger partial charge in [0.15, 0.2) is 11.6 Å². The predicted octanol–water partition coefficient (Wildman–Crippen LogP) is 1.73. The van der Waals surface area contributed by atoms with Crippen LogP contribution in [0.15, 0.2) is 23.8 Å². The lowest BCUT2D eigenvalue weighted by molar-refractivity contribution is 0.0979. The first kappa shape index (κ1) is 10.4. The molecule has 1 aliphatic carbocycles. The van der Waals surface area contributed by atoms with Crippen molar-refractivity contribution in [2.24, 2.45) is 0 Å². The number of ketones is 2. The fourth-order valence-corrected chi connectivity index (χ4v) is 1.75. The van der Waals surface area contributed by atoms with Crippen molar-refractivity contribution < 1.29 is 19.4 Å². The number of carbonyl (C=O) groups is 2. The van der Waals surface area contributed by atoms with Crippen LogP contribution in [-0.2, 0) is 0 Å². The van der Waals surface area contributed by atoms with E-state index in [4.69, 9.17) is 4.74 Å². The Balaban J connectivity index is 2.79. The van der Waals surface area contributed by atoms with Crippen LogP contribution < -0.4 is 4.74 Å². The Hall–Kier alpha value is -2.10. The number of carbonyl (C=O) groups excluding carboxylic acids is 2. The van der Waals surface area contributed by atoms with Gasteiger partial charge in [-0.15, -0.1) is 0 Å². The van der Waals surface area contributed by atoms with E-state index in [9.17, 15) is 14.7 Å². The SMILES string of the molecule is COc1ccc(O)c2c1C(=O)C=C(C)C2=O. The number of fused-ring (bicyclic) bond motifs is 1. The number of allylic oxidation sites excluding steroid dienone is 2. The molecule has 0 saturated heterocycles. The monoisotopic (exact) mass is 218 g/mol. The molecule has 82 valence electrons. The highest BCUT2D eigenvalue weighted by Gasteiger charge is 2.29. The molecule has 4 heteroatoms. The van der Waals surface area contributed by atoms with Crippen LogP contribution in [0.25, 0.3) is 0 Å². The number of methoxy groups -OCH3 is 1. The molecule has 0 aromatic heterocycles. The Morgan fingerprint density at radius 2 is 1.88 bits per heavy atom. The summed E-state index contributed by atoms with van der Waals surface area (Å²) in [6.07, 6.45) is 1.26. The molecule has 16 heavy (non-hydrogen) atoms. The van der Waals surface area contributed by atoms with Crippen LogP contribution >= 0.6 is 0 Å². The highest BCUT2D eigenvalue weighted by atomic mass is 16.5. The number of hydrogen-bond acceptors (Lipinski definition) is 4. The van der Waals surface area contributed by atoms with Gasteiger partial charge in [0.1, 0.15) is 11.5 Å². The average Bonchev–Trinajstić information content (AvgIpc) is 2.25. The summed E-state index contributed by atoms with van der Waals surface area (Å²) in [5, 5.41) is 9.63. The van der Waals surface area contributed by atoms with Gasteiger partial charge >= 0.3 is 0 Å². The van der Waals surface area contributed by atoms with Crippen LogP contribution in [0, 0.1) is 0 Å². The molecule has 0 aliphatic heterocycles. The van der Waals surface area contributed by atoms with Gasteiger partial charge in [-0.3, -0.25) is 9.59 Å². The molecule has 0 unspecified atom stereocenters. The summed E-state index contributed by atoms with van der Waals surface area (Å²) in [5.41, 5.74) is 0.489. The number of Topliss-reactive ketones (excluding diaryl/α,β-unsaturated/α-hetero) is 1. The van der Waals surface area contributed by atoms with Crippen LogP contribution in [0.3, 0.4) is 0 Å². The maximum Gasteiger partial charge on any atom is 0.193 e. The summed E-state index contributed by atoms with van der Waals surface area (Å²) < 4.78 is 5.01. The molecule has 1 N–H and O–H groups in total. The van der Waals surface area contributed by atoms with Crippen molar-refractivity contribution in [1.82, 2.24) is 0 Å². The fourth-order valence-electron chi connectivity index (χ4n) is 1.75. The predicted molar refractivity (Wildman–Crippen MR) is 57.1 cm³/mol. The van der Waals surface area contributed by atoms with E-state index in [1.165, 1.54) is 25.3 Å². The standard InChI is InChI=1S/C12H10O4/c1-6-5-8(14)10-9(16-2)4-3-7(13)11(10)12(6)15/h3-5,13H,1-2H3. The molecule has 4 nitrogen and oxygen atoms in total. The van der Waals surface area contributed by atoms with Crippen molar-refractivity contribution in [2.75, 3.05) is 7.11 Å². The highest BCUT2D eigenvalue weighted by molar-refractivity contribution is 6.26. The molecule has 0 atom stereocenters. The zero-order chi connectivity index (χ0) is 11.9. The summed E-state index contributed by atoms with van der Waals surface area (Å²) in [5.74, 6) is -0.553. The number of aromatic hydroxyl groups is 1. The van der Waals surface area contributed by atoms with Gasteiger partial charge in [-0.25, -0.2) is 0 Å². The maximum absolute atomic E-state index is 11.8. The number of phenols is 1. The number of hydrogen-bond donors (Lipinski definition) is 1. The van der Waals surface area contributed by atoms with Gasteiger partial charge in [0.2, 0.25) is 0 Å². The Morgan fingerprint density at radius 1 is 1.19 bits per heavy atom. The largest absolute Gasteiger partial charge is 0.507 e. The minimum absolute atomic E-state index is 0.0318.